The maximum atomic E-state index is 11.8. The van der Waals surface area contributed by atoms with Crippen molar-refractivity contribution in [2.24, 2.45) is 5.92 Å². The standard InChI is InChI=1S/C18H19ClN2O2/c19-15-3-5-16(6-4-15)21-10-9-14(13-21)12-20-18(22)8-7-17-2-1-11-23-17/h1-8,11,14H,9-10,12-13H2,(H,20,22)/b8-7+. The first kappa shape index (κ1) is 15.7. The van der Waals surface area contributed by atoms with Crippen LogP contribution in [0, 0.1) is 5.92 Å². The van der Waals surface area contributed by atoms with Crippen molar-refractivity contribution in [2.45, 2.75) is 6.42 Å². The molecule has 0 aliphatic carbocycles. The predicted octanol–water partition coefficient (Wildman–Crippen LogP) is 3.59. The zero-order valence-corrected chi connectivity index (χ0v) is 13.5. The van der Waals surface area contributed by atoms with Crippen molar-refractivity contribution >= 4 is 29.3 Å². The Morgan fingerprint density at radius 1 is 1.35 bits per heavy atom. The number of anilines is 1. The highest BCUT2D eigenvalue weighted by Gasteiger charge is 2.22. The maximum absolute atomic E-state index is 11.8. The molecule has 2 aromatic rings. The lowest BCUT2D eigenvalue weighted by Gasteiger charge is -2.18. The van der Waals surface area contributed by atoms with Gasteiger partial charge in [0.15, 0.2) is 0 Å². The van der Waals surface area contributed by atoms with E-state index < -0.39 is 0 Å². The minimum absolute atomic E-state index is 0.0913. The molecule has 0 spiro atoms. The second kappa shape index (κ2) is 7.38. The summed E-state index contributed by atoms with van der Waals surface area (Å²) >= 11 is 5.92. The van der Waals surface area contributed by atoms with Crippen LogP contribution < -0.4 is 10.2 Å². The van der Waals surface area contributed by atoms with Crippen LogP contribution >= 0.6 is 11.6 Å². The quantitative estimate of drug-likeness (QED) is 0.852. The van der Waals surface area contributed by atoms with Crippen LogP contribution in [0.5, 0.6) is 0 Å². The van der Waals surface area contributed by atoms with Crippen LogP contribution in [0.2, 0.25) is 5.02 Å². The topological polar surface area (TPSA) is 45.5 Å². The Balaban J connectivity index is 1.45. The molecule has 1 aliphatic heterocycles. The van der Waals surface area contributed by atoms with Crippen molar-refractivity contribution in [3.63, 3.8) is 0 Å². The molecule has 1 amide bonds. The second-order valence-corrected chi connectivity index (χ2v) is 6.11. The number of nitrogens with one attached hydrogen (secondary N) is 1. The molecular weight excluding hydrogens is 312 g/mol. The largest absolute Gasteiger partial charge is 0.465 e. The van der Waals surface area contributed by atoms with Gasteiger partial charge in [0, 0.05) is 36.4 Å². The average Bonchev–Trinajstić information content (AvgIpc) is 3.23. The van der Waals surface area contributed by atoms with Gasteiger partial charge in [0.1, 0.15) is 5.76 Å². The number of benzene rings is 1. The molecule has 1 saturated heterocycles. The molecule has 1 atom stereocenters. The van der Waals surface area contributed by atoms with Gasteiger partial charge < -0.3 is 14.6 Å². The van der Waals surface area contributed by atoms with E-state index in [-0.39, 0.29) is 5.91 Å². The number of carbonyl (C=O) groups excluding carboxylic acids is 1. The van der Waals surface area contributed by atoms with Crippen LogP contribution in [0.15, 0.2) is 53.2 Å². The predicted molar refractivity (Wildman–Crippen MR) is 92.5 cm³/mol. The number of halogens is 1. The number of amides is 1. The Morgan fingerprint density at radius 3 is 2.91 bits per heavy atom. The summed E-state index contributed by atoms with van der Waals surface area (Å²) in [5, 5.41) is 3.70. The van der Waals surface area contributed by atoms with E-state index >= 15 is 0 Å². The highest BCUT2D eigenvalue weighted by atomic mass is 35.5. The molecule has 3 rings (SSSR count). The van der Waals surface area contributed by atoms with Crippen molar-refractivity contribution in [1.29, 1.82) is 0 Å². The van der Waals surface area contributed by atoms with Crippen LogP contribution in [-0.2, 0) is 4.79 Å². The summed E-state index contributed by atoms with van der Waals surface area (Å²) in [6.45, 7) is 2.64. The molecule has 0 bridgehead atoms. The summed E-state index contributed by atoms with van der Waals surface area (Å²) < 4.78 is 5.15. The average molecular weight is 331 g/mol. The fraction of sp³-hybridized carbons (Fsp3) is 0.278. The van der Waals surface area contributed by atoms with Gasteiger partial charge in [0.25, 0.3) is 0 Å². The van der Waals surface area contributed by atoms with E-state index in [0.717, 1.165) is 24.5 Å². The Hall–Kier alpha value is -2.20. The van der Waals surface area contributed by atoms with Crippen LogP contribution in [-0.4, -0.2) is 25.5 Å². The number of furan rings is 1. The van der Waals surface area contributed by atoms with E-state index in [4.69, 9.17) is 16.0 Å². The number of hydrogen-bond donors (Lipinski definition) is 1. The Morgan fingerprint density at radius 2 is 2.17 bits per heavy atom. The minimum Gasteiger partial charge on any atom is -0.465 e. The zero-order chi connectivity index (χ0) is 16.1. The maximum Gasteiger partial charge on any atom is 0.244 e. The summed E-state index contributed by atoms with van der Waals surface area (Å²) in [5.41, 5.74) is 1.18. The second-order valence-electron chi connectivity index (χ2n) is 5.67. The first-order chi connectivity index (χ1) is 11.2. The van der Waals surface area contributed by atoms with E-state index in [1.165, 1.54) is 11.8 Å². The van der Waals surface area contributed by atoms with Gasteiger partial charge in [-0.1, -0.05) is 11.6 Å². The summed E-state index contributed by atoms with van der Waals surface area (Å²) in [7, 11) is 0. The summed E-state index contributed by atoms with van der Waals surface area (Å²) in [6, 6.07) is 11.5. The first-order valence-electron chi connectivity index (χ1n) is 7.70. The number of hydrogen-bond acceptors (Lipinski definition) is 3. The fourth-order valence-electron chi connectivity index (χ4n) is 2.73. The monoisotopic (exact) mass is 330 g/mol. The smallest absolute Gasteiger partial charge is 0.244 e. The molecule has 5 heteroatoms. The van der Waals surface area contributed by atoms with Crippen molar-refractivity contribution in [1.82, 2.24) is 5.32 Å². The van der Waals surface area contributed by atoms with E-state index in [9.17, 15) is 4.79 Å². The molecule has 120 valence electrons. The molecule has 1 aromatic carbocycles. The van der Waals surface area contributed by atoms with Gasteiger partial charge in [-0.2, -0.15) is 0 Å². The summed E-state index contributed by atoms with van der Waals surface area (Å²) in [4.78, 5) is 14.1. The normalized spacial score (nSPS) is 17.8. The molecule has 23 heavy (non-hydrogen) atoms. The van der Waals surface area contributed by atoms with Gasteiger partial charge in [-0.25, -0.2) is 0 Å². The van der Waals surface area contributed by atoms with Crippen molar-refractivity contribution in [2.75, 3.05) is 24.5 Å². The Labute approximate surface area is 140 Å². The van der Waals surface area contributed by atoms with Crippen LogP contribution in [0.1, 0.15) is 12.2 Å². The van der Waals surface area contributed by atoms with Crippen molar-refractivity contribution in [3.8, 4) is 0 Å². The third-order valence-electron chi connectivity index (χ3n) is 3.98. The molecule has 0 radical (unpaired) electrons. The number of rotatable bonds is 5. The molecule has 1 aromatic heterocycles. The van der Waals surface area contributed by atoms with E-state index in [1.54, 1.807) is 18.4 Å². The van der Waals surface area contributed by atoms with Crippen LogP contribution in [0.3, 0.4) is 0 Å². The van der Waals surface area contributed by atoms with Gasteiger partial charge in [-0.3, -0.25) is 4.79 Å². The molecular formula is C18H19ClN2O2. The van der Waals surface area contributed by atoms with Gasteiger partial charge >= 0.3 is 0 Å². The molecule has 1 aliphatic rings. The lowest BCUT2D eigenvalue weighted by Crippen LogP contribution is -2.29. The van der Waals surface area contributed by atoms with Crippen LogP contribution in [0.4, 0.5) is 5.69 Å². The summed E-state index contributed by atoms with van der Waals surface area (Å²) in [6.07, 6.45) is 5.83. The minimum atomic E-state index is -0.0913. The van der Waals surface area contributed by atoms with Gasteiger partial charge in [-0.05, 0) is 54.8 Å². The van der Waals surface area contributed by atoms with E-state index in [2.05, 4.69) is 10.2 Å². The van der Waals surface area contributed by atoms with E-state index in [1.807, 2.05) is 30.3 Å². The lowest BCUT2D eigenvalue weighted by molar-refractivity contribution is -0.116. The third kappa shape index (κ3) is 4.39. The molecule has 4 nitrogen and oxygen atoms in total. The highest BCUT2D eigenvalue weighted by molar-refractivity contribution is 6.30. The molecule has 1 unspecified atom stereocenters. The van der Waals surface area contributed by atoms with Gasteiger partial charge in [0.2, 0.25) is 5.91 Å². The third-order valence-corrected chi connectivity index (χ3v) is 4.24. The Kier molecular flexibility index (Phi) is 5.03. The van der Waals surface area contributed by atoms with Crippen molar-refractivity contribution in [3.05, 3.63) is 59.5 Å². The SMILES string of the molecule is O=C(/C=C/c1ccco1)NCC1CCN(c2ccc(Cl)cc2)C1. The first-order valence-corrected chi connectivity index (χ1v) is 8.08. The number of nitrogens with zero attached hydrogens (tertiary/aromatic N) is 1. The molecule has 2 heterocycles. The molecule has 1 fully saturated rings. The zero-order valence-electron chi connectivity index (χ0n) is 12.7. The van der Waals surface area contributed by atoms with Gasteiger partial charge in [0.05, 0.1) is 6.26 Å². The van der Waals surface area contributed by atoms with Crippen molar-refractivity contribution < 1.29 is 9.21 Å². The summed E-state index contributed by atoms with van der Waals surface area (Å²) in [5.74, 6) is 1.05. The van der Waals surface area contributed by atoms with E-state index in [0.29, 0.717) is 18.2 Å². The Bertz CT molecular complexity index is 665. The highest BCUT2D eigenvalue weighted by Crippen LogP contribution is 2.24. The molecule has 1 N–H and O–H groups in total. The van der Waals surface area contributed by atoms with Crippen LogP contribution in [0.25, 0.3) is 6.08 Å². The lowest BCUT2D eigenvalue weighted by atomic mass is 10.1. The fourth-order valence-corrected chi connectivity index (χ4v) is 2.86. The van der Waals surface area contributed by atoms with Gasteiger partial charge in [-0.15, -0.1) is 0 Å². The molecule has 0 saturated carbocycles. The number of carbonyl (C=O) groups is 1.